The van der Waals surface area contributed by atoms with Crippen LogP contribution in [0.3, 0.4) is 0 Å². The SMILES string of the molecule is C=Cc1ccc(-c2ccc(-c3ccc(C(F)(F)F)cc3)cc2)cc1. The van der Waals surface area contributed by atoms with Crippen molar-refractivity contribution in [3.8, 4) is 22.3 Å². The molecule has 0 fully saturated rings. The van der Waals surface area contributed by atoms with Crippen LogP contribution in [0.15, 0.2) is 79.4 Å². The van der Waals surface area contributed by atoms with Gasteiger partial charge in [0.15, 0.2) is 0 Å². The van der Waals surface area contributed by atoms with Crippen LogP contribution in [0.4, 0.5) is 13.2 Å². The summed E-state index contributed by atoms with van der Waals surface area (Å²) in [5, 5.41) is 0. The molecule has 3 heteroatoms. The molecule has 0 spiro atoms. The van der Waals surface area contributed by atoms with Crippen molar-refractivity contribution in [2.75, 3.05) is 0 Å². The van der Waals surface area contributed by atoms with Gasteiger partial charge in [0.05, 0.1) is 5.56 Å². The van der Waals surface area contributed by atoms with Gasteiger partial charge in [0.25, 0.3) is 0 Å². The average molecular weight is 324 g/mol. The fourth-order valence-electron chi connectivity index (χ4n) is 2.52. The standard InChI is InChI=1S/C21H15F3/c1-2-15-3-5-16(6-4-15)17-7-9-18(10-8-17)19-11-13-20(14-12-19)21(22,23)24/h2-14H,1H2. The molecule has 24 heavy (non-hydrogen) atoms. The minimum atomic E-state index is -4.31. The molecule has 0 radical (unpaired) electrons. The third kappa shape index (κ3) is 3.40. The van der Waals surface area contributed by atoms with E-state index in [0.717, 1.165) is 39.9 Å². The largest absolute Gasteiger partial charge is 0.416 e. The first-order valence-corrected chi connectivity index (χ1v) is 7.48. The van der Waals surface area contributed by atoms with Crippen molar-refractivity contribution >= 4 is 6.08 Å². The van der Waals surface area contributed by atoms with E-state index in [1.54, 1.807) is 6.08 Å². The maximum Gasteiger partial charge on any atom is 0.416 e. The molecule has 0 atom stereocenters. The van der Waals surface area contributed by atoms with Crippen molar-refractivity contribution in [1.29, 1.82) is 0 Å². The molecule has 0 aliphatic rings. The monoisotopic (exact) mass is 324 g/mol. The molecule has 0 aliphatic carbocycles. The van der Waals surface area contributed by atoms with Gasteiger partial charge in [-0.15, -0.1) is 0 Å². The van der Waals surface area contributed by atoms with Gasteiger partial charge in [-0.05, 0) is 39.9 Å². The van der Waals surface area contributed by atoms with Crippen molar-refractivity contribution in [3.05, 3.63) is 90.5 Å². The molecule has 0 heterocycles. The zero-order valence-corrected chi connectivity index (χ0v) is 12.8. The molecule has 3 aromatic rings. The number of hydrogen-bond acceptors (Lipinski definition) is 0. The average Bonchev–Trinajstić information content (AvgIpc) is 2.61. The molecule has 0 amide bonds. The van der Waals surface area contributed by atoms with Crippen molar-refractivity contribution in [2.24, 2.45) is 0 Å². The summed E-state index contributed by atoms with van der Waals surface area (Å²) >= 11 is 0. The number of hydrogen-bond donors (Lipinski definition) is 0. The summed E-state index contributed by atoms with van der Waals surface area (Å²) in [6, 6.07) is 21.0. The number of halogens is 3. The maximum absolute atomic E-state index is 12.6. The van der Waals surface area contributed by atoms with Gasteiger partial charge in [-0.3, -0.25) is 0 Å². The highest BCUT2D eigenvalue weighted by atomic mass is 19.4. The zero-order valence-electron chi connectivity index (χ0n) is 12.8. The van der Waals surface area contributed by atoms with Crippen molar-refractivity contribution in [3.63, 3.8) is 0 Å². The van der Waals surface area contributed by atoms with E-state index in [1.807, 2.05) is 48.5 Å². The van der Waals surface area contributed by atoms with E-state index in [4.69, 9.17) is 0 Å². The third-order valence-corrected chi connectivity index (χ3v) is 3.91. The van der Waals surface area contributed by atoms with E-state index in [-0.39, 0.29) is 0 Å². The third-order valence-electron chi connectivity index (χ3n) is 3.91. The highest BCUT2D eigenvalue weighted by Gasteiger charge is 2.29. The van der Waals surface area contributed by atoms with Crippen molar-refractivity contribution < 1.29 is 13.2 Å². The molecule has 0 unspecified atom stereocenters. The Labute approximate surface area is 138 Å². The summed E-state index contributed by atoms with van der Waals surface area (Å²) in [5.74, 6) is 0. The quantitative estimate of drug-likeness (QED) is 0.504. The molecule has 0 N–H and O–H groups in total. The molecular formula is C21H15F3. The van der Waals surface area contributed by atoms with E-state index in [2.05, 4.69) is 6.58 Å². The molecule has 0 aliphatic heterocycles. The summed E-state index contributed by atoms with van der Waals surface area (Å²) in [7, 11) is 0. The van der Waals surface area contributed by atoms with Gasteiger partial charge in [-0.2, -0.15) is 13.2 Å². The normalized spacial score (nSPS) is 11.3. The summed E-state index contributed by atoms with van der Waals surface area (Å²) in [4.78, 5) is 0. The second-order valence-corrected chi connectivity index (χ2v) is 5.48. The maximum atomic E-state index is 12.6. The fraction of sp³-hybridized carbons (Fsp3) is 0.0476. The smallest absolute Gasteiger partial charge is 0.166 e. The summed E-state index contributed by atoms with van der Waals surface area (Å²) in [6.07, 6.45) is -2.52. The van der Waals surface area contributed by atoms with Crippen molar-refractivity contribution in [1.82, 2.24) is 0 Å². The second kappa shape index (κ2) is 6.36. The van der Waals surface area contributed by atoms with E-state index < -0.39 is 11.7 Å². The first-order valence-electron chi connectivity index (χ1n) is 7.48. The van der Waals surface area contributed by atoms with Crippen LogP contribution in [0.5, 0.6) is 0 Å². The molecule has 0 aromatic heterocycles. The Morgan fingerprint density at radius 3 is 1.25 bits per heavy atom. The summed E-state index contributed by atoms with van der Waals surface area (Å²) in [5.41, 5.74) is 4.21. The van der Waals surface area contributed by atoms with Crippen LogP contribution in [-0.2, 0) is 6.18 Å². The van der Waals surface area contributed by atoms with Crippen LogP contribution in [0.25, 0.3) is 28.3 Å². The summed E-state index contributed by atoms with van der Waals surface area (Å²) in [6.45, 7) is 3.73. The molecule has 0 bridgehead atoms. The Morgan fingerprint density at radius 2 is 0.917 bits per heavy atom. The topological polar surface area (TPSA) is 0 Å². The highest BCUT2D eigenvalue weighted by molar-refractivity contribution is 5.71. The lowest BCUT2D eigenvalue weighted by molar-refractivity contribution is -0.137. The molecule has 3 rings (SSSR count). The van der Waals surface area contributed by atoms with Crippen LogP contribution in [0, 0.1) is 0 Å². The minimum absolute atomic E-state index is 0.634. The predicted molar refractivity (Wildman–Crippen MR) is 92.4 cm³/mol. The van der Waals surface area contributed by atoms with Gasteiger partial charge >= 0.3 is 6.18 Å². The minimum Gasteiger partial charge on any atom is -0.166 e. The molecule has 0 saturated carbocycles. The lowest BCUT2D eigenvalue weighted by Crippen LogP contribution is -2.03. The Balaban J connectivity index is 1.84. The highest BCUT2D eigenvalue weighted by Crippen LogP contribution is 2.31. The number of rotatable bonds is 3. The molecule has 0 saturated heterocycles. The van der Waals surface area contributed by atoms with Crippen LogP contribution in [-0.4, -0.2) is 0 Å². The van der Waals surface area contributed by atoms with Crippen molar-refractivity contribution in [2.45, 2.75) is 6.18 Å². The zero-order chi connectivity index (χ0) is 17.2. The predicted octanol–water partition coefficient (Wildman–Crippen LogP) is 6.68. The van der Waals surface area contributed by atoms with E-state index in [9.17, 15) is 13.2 Å². The van der Waals surface area contributed by atoms with Gasteiger partial charge in [-0.25, -0.2) is 0 Å². The van der Waals surface area contributed by atoms with Crippen LogP contribution in [0.1, 0.15) is 11.1 Å². The van der Waals surface area contributed by atoms with E-state index in [0.29, 0.717) is 0 Å². The van der Waals surface area contributed by atoms with Gasteiger partial charge in [0.1, 0.15) is 0 Å². The second-order valence-electron chi connectivity index (χ2n) is 5.48. The molecular weight excluding hydrogens is 309 g/mol. The number of benzene rings is 3. The summed E-state index contributed by atoms with van der Waals surface area (Å²) < 4.78 is 37.8. The lowest BCUT2D eigenvalue weighted by atomic mass is 9.99. The Hall–Kier alpha value is -2.81. The fourth-order valence-corrected chi connectivity index (χ4v) is 2.52. The van der Waals surface area contributed by atoms with Gasteiger partial charge in [0, 0.05) is 0 Å². The van der Waals surface area contributed by atoms with Crippen LogP contribution >= 0.6 is 0 Å². The van der Waals surface area contributed by atoms with Gasteiger partial charge in [0.2, 0.25) is 0 Å². The van der Waals surface area contributed by atoms with Gasteiger partial charge in [-0.1, -0.05) is 73.3 Å². The van der Waals surface area contributed by atoms with Crippen LogP contribution in [0.2, 0.25) is 0 Å². The molecule has 3 aromatic carbocycles. The molecule has 0 nitrogen and oxygen atoms in total. The Morgan fingerprint density at radius 1 is 0.583 bits per heavy atom. The Kier molecular flexibility index (Phi) is 4.26. The molecule has 120 valence electrons. The Bertz CT molecular complexity index is 824. The van der Waals surface area contributed by atoms with Crippen LogP contribution < -0.4 is 0 Å². The number of alkyl halides is 3. The van der Waals surface area contributed by atoms with Gasteiger partial charge < -0.3 is 0 Å². The first-order chi connectivity index (χ1) is 11.5. The van der Waals surface area contributed by atoms with E-state index >= 15 is 0 Å². The lowest BCUT2D eigenvalue weighted by Gasteiger charge is -2.08. The van der Waals surface area contributed by atoms with E-state index in [1.165, 1.54) is 12.1 Å². The first kappa shape index (κ1) is 16.1.